The number of benzene rings is 3. The van der Waals surface area contributed by atoms with Crippen LogP contribution < -0.4 is 15.4 Å². The predicted octanol–water partition coefficient (Wildman–Crippen LogP) is 4.37. The third kappa shape index (κ3) is 6.03. The third-order valence-corrected chi connectivity index (χ3v) is 7.33. The summed E-state index contributed by atoms with van der Waals surface area (Å²) in [7, 11) is -2.53. The van der Waals surface area contributed by atoms with Gasteiger partial charge in [0.15, 0.2) is 0 Å². The Labute approximate surface area is 203 Å². The lowest BCUT2D eigenvalue weighted by molar-refractivity contribution is 0.101. The van der Waals surface area contributed by atoms with Crippen LogP contribution in [-0.2, 0) is 10.0 Å². The fourth-order valence-electron chi connectivity index (χ4n) is 3.33. The highest BCUT2D eigenvalue weighted by Gasteiger charge is 2.26. The molecule has 35 heavy (non-hydrogen) atoms. The topological polar surface area (TPSA) is 105 Å². The standard InChI is InChI=1S/C25H26FN3O5S/c1-4-29(5-2)35(32,33)23-16-18(8-15-22(23)26)25(31)28-19-9-6-17(7-10-19)24(30)27-20-11-13-21(34-3)14-12-20/h6-16H,4-5H2,1-3H3,(H,27,30)(H,28,31). The molecule has 0 spiro atoms. The van der Waals surface area contributed by atoms with Crippen LogP contribution in [0.25, 0.3) is 0 Å². The van der Waals surface area contributed by atoms with Gasteiger partial charge < -0.3 is 15.4 Å². The second-order valence-electron chi connectivity index (χ2n) is 7.45. The molecule has 3 rings (SSSR count). The Balaban J connectivity index is 1.72. The minimum Gasteiger partial charge on any atom is -0.497 e. The van der Waals surface area contributed by atoms with Crippen molar-refractivity contribution in [1.29, 1.82) is 0 Å². The van der Waals surface area contributed by atoms with E-state index in [0.29, 0.717) is 22.7 Å². The zero-order valence-corrected chi connectivity index (χ0v) is 20.4. The summed E-state index contributed by atoms with van der Waals surface area (Å²) in [5.74, 6) is -1.21. The fraction of sp³-hybridized carbons (Fsp3) is 0.200. The molecule has 0 aliphatic carbocycles. The van der Waals surface area contributed by atoms with E-state index in [1.807, 2.05) is 0 Å². The van der Waals surface area contributed by atoms with E-state index in [2.05, 4.69) is 10.6 Å². The first-order valence-electron chi connectivity index (χ1n) is 10.9. The number of carbonyl (C=O) groups is 2. The Hall–Kier alpha value is -3.76. The van der Waals surface area contributed by atoms with E-state index >= 15 is 0 Å². The molecule has 0 fully saturated rings. The molecule has 2 N–H and O–H groups in total. The Kier molecular flexibility index (Phi) is 8.21. The molecule has 184 valence electrons. The summed E-state index contributed by atoms with van der Waals surface area (Å²) in [6, 6.07) is 16.2. The van der Waals surface area contributed by atoms with Crippen LogP contribution in [0.1, 0.15) is 34.6 Å². The van der Waals surface area contributed by atoms with Crippen molar-refractivity contribution >= 4 is 33.2 Å². The average Bonchev–Trinajstić information content (AvgIpc) is 2.85. The Morgan fingerprint density at radius 2 is 1.31 bits per heavy atom. The lowest BCUT2D eigenvalue weighted by atomic mass is 10.1. The molecule has 0 heterocycles. The van der Waals surface area contributed by atoms with Gasteiger partial charge in [-0.1, -0.05) is 13.8 Å². The summed E-state index contributed by atoms with van der Waals surface area (Å²) in [6.07, 6.45) is 0. The molecule has 0 saturated heterocycles. The van der Waals surface area contributed by atoms with Crippen molar-refractivity contribution < 1.29 is 27.1 Å². The molecular formula is C25H26FN3O5S. The molecule has 10 heteroatoms. The molecule has 0 bridgehead atoms. The number of carbonyl (C=O) groups excluding carboxylic acids is 2. The number of hydrogen-bond donors (Lipinski definition) is 2. The third-order valence-electron chi connectivity index (χ3n) is 5.27. The summed E-state index contributed by atoms with van der Waals surface area (Å²) in [5.41, 5.74) is 1.33. The molecule has 0 aromatic heterocycles. The average molecular weight is 500 g/mol. The molecule has 2 amide bonds. The van der Waals surface area contributed by atoms with Crippen LogP contribution in [-0.4, -0.2) is 44.7 Å². The fourth-order valence-corrected chi connectivity index (χ4v) is 4.88. The first-order valence-corrected chi connectivity index (χ1v) is 12.3. The van der Waals surface area contributed by atoms with Gasteiger partial charge >= 0.3 is 0 Å². The summed E-state index contributed by atoms with van der Waals surface area (Å²) in [4.78, 5) is 24.6. The van der Waals surface area contributed by atoms with Crippen molar-refractivity contribution in [2.75, 3.05) is 30.8 Å². The van der Waals surface area contributed by atoms with Gasteiger partial charge in [0, 0.05) is 35.6 Å². The van der Waals surface area contributed by atoms with Crippen LogP contribution in [0.3, 0.4) is 0 Å². The molecule has 0 unspecified atom stereocenters. The van der Waals surface area contributed by atoms with E-state index in [4.69, 9.17) is 4.74 Å². The Morgan fingerprint density at radius 1 is 0.829 bits per heavy atom. The molecule has 3 aromatic rings. The number of nitrogens with one attached hydrogen (secondary N) is 2. The van der Waals surface area contributed by atoms with Crippen molar-refractivity contribution in [2.45, 2.75) is 18.7 Å². The number of ether oxygens (including phenoxy) is 1. The molecule has 0 aliphatic heterocycles. The second-order valence-corrected chi connectivity index (χ2v) is 9.35. The van der Waals surface area contributed by atoms with Crippen LogP contribution >= 0.6 is 0 Å². The van der Waals surface area contributed by atoms with Gasteiger partial charge in [-0.15, -0.1) is 0 Å². The lowest BCUT2D eigenvalue weighted by Crippen LogP contribution is -2.31. The molecule has 0 atom stereocenters. The highest BCUT2D eigenvalue weighted by molar-refractivity contribution is 7.89. The smallest absolute Gasteiger partial charge is 0.255 e. The van der Waals surface area contributed by atoms with Crippen LogP contribution in [0.4, 0.5) is 15.8 Å². The normalized spacial score (nSPS) is 11.2. The summed E-state index contributed by atoms with van der Waals surface area (Å²) in [5, 5.41) is 5.39. The molecule has 0 radical (unpaired) electrons. The number of amides is 2. The number of rotatable bonds is 9. The van der Waals surface area contributed by atoms with Crippen molar-refractivity contribution in [1.82, 2.24) is 4.31 Å². The van der Waals surface area contributed by atoms with E-state index in [0.717, 1.165) is 16.4 Å². The van der Waals surface area contributed by atoms with Gasteiger partial charge in [0.1, 0.15) is 16.5 Å². The van der Waals surface area contributed by atoms with E-state index < -0.39 is 26.6 Å². The summed E-state index contributed by atoms with van der Waals surface area (Å²) < 4.78 is 46.0. The van der Waals surface area contributed by atoms with Crippen LogP contribution in [0.5, 0.6) is 5.75 Å². The van der Waals surface area contributed by atoms with Crippen LogP contribution in [0.2, 0.25) is 0 Å². The zero-order valence-electron chi connectivity index (χ0n) is 19.5. The number of hydrogen-bond acceptors (Lipinski definition) is 5. The predicted molar refractivity (Wildman–Crippen MR) is 132 cm³/mol. The molecule has 0 saturated carbocycles. The summed E-state index contributed by atoms with van der Waals surface area (Å²) in [6.45, 7) is 3.65. The van der Waals surface area contributed by atoms with Gasteiger partial charge in [-0.3, -0.25) is 9.59 Å². The quantitative estimate of drug-likeness (QED) is 0.455. The largest absolute Gasteiger partial charge is 0.497 e. The maximum Gasteiger partial charge on any atom is 0.255 e. The van der Waals surface area contributed by atoms with Crippen molar-refractivity contribution in [2.24, 2.45) is 0 Å². The summed E-state index contributed by atoms with van der Waals surface area (Å²) >= 11 is 0. The number of halogens is 1. The minimum absolute atomic E-state index is 0.0153. The van der Waals surface area contributed by atoms with Crippen molar-refractivity contribution in [3.8, 4) is 5.75 Å². The number of sulfonamides is 1. The van der Waals surface area contributed by atoms with Gasteiger partial charge in [0.2, 0.25) is 10.0 Å². The highest BCUT2D eigenvalue weighted by Crippen LogP contribution is 2.22. The van der Waals surface area contributed by atoms with E-state index in [9.17, 15) is 22.4 Å². The molecular weight excluding hydrogens is 473 g/mol. The van der Waals surface area contributed by atoms with Gasteiger partial charge in [-0.2, -0.15) is 4.31 Å². The van der Waals surface area contributed by atoms with Crippen LogP contribution in [0.15, 0.2) is 71.6 Å². The SMILES string of the molecule is CCN(CC)S(=O)(=O)c1cc(C(=O)Nc2ccc(C(=O)Nc3ccc(OC)cc3)cc2)ccc1F. The minimum atomic E-state index is -4.08. The number of anilines is 2. The zero-order chi connectivity index (χ0) is 25.6. The maximum atomic E-state index is 14.3. The monoisotopic (exact) mass is 499 g/mol. The van der Waals surface area contributed by atoms with Gasteiger partial charge in [0.25, 0.3) is 11.8 Å². The van der Waals surface area contributed by atoms with E-state index in [1.165, 1.54) is 30.3 Å². The Bertz CT molecular complexity index is 1310. The van der Waals surface area contributed by atoms with Gasteiger partial charge in [-0.25, -0.2) is 12.8 Å². The van der Waals surface area contributed by atoms with Crippen LogP contribution in [0, 0.1) is 5.82 Å². The van der Waals surface area contributed by atoms with E-state index in [1.54, 1.807) is 45.2 Å². The van der Waals surface area contributed by atoms with E-state index in [-0.39, 0.29) is 24.6 Å². The Morgan fingerprint density at radius 3 is 1.83 bits per heavy atom. The first-order chi connectivity index (χ1) is 16.7. The molecule has 3 aromatic carbocycles. The number of nitrogens with zero attached hydrogens (tertiary/aromatic N) is 1. The van der Waals surface area contributed by atoms with Gasteiger partial charge in [0.05, 0.1) is 7.11 Å². The second kappa shape index (κ2) is 11.1. The van der Waals surface area contributed by atoms with Crippen molar-refractivity contribution in [3.63, 3.8) is 0 Å². The van der Waals surface area contributed by atoms with Crippen molar-refractivity contribution in [3.05, 3.63) is 83.7 Å². The number of methoxy groups -OCH3 is 1. The maximum absolute atomic E-state index is 14.3. The lowest BCUT2D eigenvalue weighted by Gasteiger charge is -2.19. The molecule has 0 aliphatic rings. The van der Waals surface area contributed by atoms with Gasteiger partial charge in [-0.05, 0) is 66.7 Å². The first kappa shape index (κ1) is 25.9. The highest BCUT2D eigenvalue weighted by atomic mass is 32.2. The molecule has 8 nitrogen and oxygen atoms in total.